The van der Waals surface area contributed by atoms with Gasteiger partial charge in [-0.1, -0.05) is 12.1 Å². The Hall–Kier alpha value is -2.08. The van der Waals surface area contributed by atoms with Gasteiger partial charge in [0.15, 0.2) is 0 Å². The van der Waals surface area contributed by atoms with Gasteiger partial charge < -0.3 is 4.74 Å². The van der Waals surface area contributed by atoms with E-state index in [4.69, 9.17) is 4.74 Å². The molecule has 0 aliphatic rings. The highest BCUT2D eigenvalue weighted by molar-refractivity contribution is 7.92. The molecule has 0 amide bonds. The van der Waals surface area contributed by atoms with Gasteiger partial charge in [0.25, 0.3) is 10.0 Å². The van der Waals surface area contributed by atoms with Crippen LogP contribution in [0.25, 0.3) is 0 Å². The Bertz CT molecular complexity index is 713. The molecule has 2 aromatic rings. The average molecular weight is 292 g/mol. The zero-order valence-corrected chi connectivity index (χ0v) is 12.4. The number of sulfonamides is 1. The van der Waals surface area contributed by atoms with Gasteiger partial charge in [0.2, 0.25) is 0 Å². The second-order valence-electron chi connectivity index (χ2n) is 4.41. The second kappa shape index (κ2) is 5.50. The lowest BCUT2D eigenvalue weighted by Gasteiger charge is -2.13. The number of anilines is 1. The predicted molar refractivity (Wildman–Crippen MR) is 77.5 cm³/mol. The molecule has 1 aromatic heterocycles. The Morgan fingerprint density at radius 2 is 1.90 bits per heavy atom. The Morgan fingerprint density at radius 3 is 2.50 bits per heavy atom. The van der Waals surface area contributed by atoms with Crippen molar-refractivity contribution in [2.45, 2.75) is 18.7 Å². The van der Waals surface area contributed by atoms with Crippen molar-refractivity contribution in [2.75, 3.05) is 11.8 Å². The van der Waals surface area contributed by atoms with Gasteiger partial charge >= 0.3 is 0 Å². The van der Waals surface area contributed by atoms with Crippen molar-refractivity contribution in [1.82, 2.24) is 4.98 Å². The number of aryl methyl sites for hydroxylation is 2. The Morgan fingerprint density at radius 1 is 1.15 bits per heavy atom. The van der Waals surface area contributed by atoms with E-state index < -0.39 is 10.0 Å². The van der Waals surface area contributed by atoms with E-state index in [1.165, 1.54) is 19.4 Å². The van der Waals surface area contributed by atoms with Gasteiger partial charge in [0.1, 0.15) is 11.6 Å². The van der Waals surface area contributed by atoms with Crippen LogP contribution in [0.15, 0.2) is 41.4 Å². The molecule has 106 valence electrons. The first kappa shape index (κ1) is 14.3. The van der Waals surface area contributed by atoms with Crippen molar-refractivity contribution in [3.63, 3.8) is 0 Å². The lowest BCUT2D eigenvalue weighted by Crippen LogP contribution is -2.15. The minimum atomic E-state index is -3.69. The van der Waals surface area contributed by atoms with E-state index in [9.17, 15) is 8.42 Å². The topological polar surface area (TPSA) is 68.3 Å². The number of aromatic nitrogens is 1. The molecule has 0 saturated heterocycles. The zero-order valence-electron chi connectivity index (χ0n) is 11.5. The van der Waals surface area contributed by atoms with E-state index in [2.05, 4.69) is 9.71 Å². The van der Waals surface area contributed by atoms with Gasteiger partial charge in [-0.25, -0.2) is 13.4 Å². The van der Waals surface area contributed by atoms with E-state index in [0.29, 0.717) is 11.3 Å². The van der Waals surface area contributed by atoms with Crippen molar-refractivity contribution in [2.24, 2.45) is 0 Å². The molecule has 0 unspecified atom stereocenters. The molecule has 5 nitrogen and oxygen atoms in total. The number of pyridine rings is 1. The molecule has 0 radical (unpaired) electrons. The monoisotopic (exact) mass is 292 g/mol. The molecule has 0 saturated carbocycles. The molecule has 1 heterocycles. The minimum Gasteiger partial charge on any atom is -0.496 e. The summed E-state index contributed by atoms with van der Waals surface area (Å²) in [7, 11) is -2.17. The van der Waals surface area contributed by atoms with Crippen LogP contribution in [0.5, 0.6) is 5.75 Å². The Kier molecular flexibility index (Phi) is 3.94. The molecule has 0 aliphatic carbocycles. The summed E-state index contributed by atoms with van der Waals surface area (Å²) in [6.07, 6.45) is 1.53. The van der Waals surface area contributed by atoms with Crippen molar-refractivity contribution in [3.8, 4) is 5.75 Å². The lowest BCUT2D eigenvalue weighted by molar-refractivity contribution is 0.410. The predicted octanol–water partition coefficient (Wildman–Crippen LogP) is 2.51. The summed E-state index contributed by atoms with van der Waals surface area (Å²) in [6.45, 7) is 3.62. The van der Waals surface area contributed by atoms with Gasteiger partial charge in [-0.2, -0.15) is 0 Å². The molecule has 0 fully saturated rings. The van der Waals surface area contributed by atoms with Crippen molar-refractivity contribution < 1.29 is 13.2 Å². The summed E-state index contributed by atoms with van der Waals surface area (Å²) >= 11 is 0. The highest BCUT2D eigenvalue weighted by Crippen LogP contribution is 2.26. The van der Waals surface area contributed by atoms with Gasteiger partial charge in [-0.15, -0.1) is 0 Å². The summed E-state index contributed by atoms with van der Waals surface area (Å²) in [5, 5.41) is 0. The SMILES string of the molecule is COc1cc(S(=O)(=O)Nc2ccccn2)c(C)cc1C. The molecule has 20 heavy (non-hydrogen) atoms. The third kappa shape index (κ3) is 2.91. The van der Waals surface area contributed by atoms with Crippen LogP contribution in [0.1, 0.15) is 11.1 Å². The summed E-state index contributed by atoms with van der Waals surface area (Å²) in [5.41, 5.74) is 1.55. The van der Waals surface area contributed by atoms with E-state index in [1.54, 1.807) is 31.2 Å². The van der Waals surface area contributed by atoms with Crippen LogP contribution in [0, 0.1) is 13.8 Å². The molecule has 2 rings (SSSR count). The molecular formula is C14H16N2O3S. The standard InChI is InChI=1S/C14H16N2O3S/c1-10-8-11(2)13(9-12(10)19-3)20(17,18)16-14-6-4-5-7-15-14/h4-9H,1-3H3,(H,15,16). The molecule has 6 heteroatoms. The maximum absolute atomic E-state index is 12.4. The minimum absolute atomic E-state index is 0.186. The maximum atomic E-state index is 12.4. The summed E-state index contributed by atoms with van der Waals surface area (Å²) in [4.78, 5) is 4.14. The smallest absolute Gasteiger partial charge is 0.263 e. The number of methoxy groups -OCH3 is 1. The van der Waals surface area contributed by atoms with Gasteiger partial charge in [0, 0.05) is 12.3 Å². The number of hydrogen-bond donors (Lipinski definition) is 1. The van der Waals surface area contributed by atoms with Gasteiger partial charge in [-0.05, 0) is 37.1 Å². The molecule has 0 spiro atoms. The number of hydrogen-bond acceptors (Lipinski definition) is 4. The molecule has 0 bridgehead atoms. The molecule has 1 aromatic carbocycles. The Balaban J connectivity index is 2.44. The van der Waals surface area contributed by atoms with Gasteiger partial charge in [-0.3, -0.25) is 4.72 Å². The highest BCUT2D eigenvalue weighted by atomic mass is 32.2. The van der Waals surface area contributed by atoms with E-state index >= 15 is 0 Å². The molecule has 0 atom stereocenters. The van der Waals surface area contributed by atoms with Crippen LogP contribution in [-0.2, 0) is 10.0 Å². The number of nitrogens with zero attached hydrogens (tertiary/aromatic N) is 1. The fourth-order valence-electron chi connectivity index (χ4n) is 1.94. The zero-order chi connectivity index (χ0) is 14.8. The van der Waals surface area contributed by atoms with E-state index in [1.807, 2.05) is 6.92 Å². The first-order valence-electron chi connectivity index (χ1n) is 6.03. The number of nitrogens with one attached hydrogen (secondary N) is 1. The molecule has 1 N–H and O–H groups in total. The highest BCUT2D eigenvalue weighted by Gasteiger charge is 2.19. The maximum Gasteiger partial charge on any atom is 0.263 e. The Labute approximate surface area is 118 Å². The number of rotatable bonds is 4. The number of ether oxygens (including phenoxy) is 1. The summed E-state index contributed by atoms with van der Waals surface area (Å²) in [5.74, 6) is 0.823. The van der Waals surface area contributed by atoms with Crippen LogP contribution in [-0.4, -0.2) is 20.5 Å². The number of benzene rings is 1. The van der Waals surface area contributed by atoms with Crippen LogP contribution in [0.2, 0.25) is 0 Å². The second-order valence-corrected chi connectivity index (χ2v) is 6.06. The van der Waals surface area contributed by atoms with Gasteiger partial charge in [0.05, 0.1) is 12.0 Å². The third-order valence-corrected chi connectivity index (χ3v) is 4.38. The first-order chi connectivity index (χ1) is 9.44. The fraction of sp³-hybridized carbons (Fsp3) is 0.214. The third-order valence-electron chi connectivity index (χ3n) is 2.89. The largest absolute Gasteiger partial charge is 0.496 e. The molecule has 0 aliphatic heterocycles. The average Bonchev–Trinajstić information content (AvgIpc) is 2.39. The van der Waals surface area contributed by atoms with Crippen molar-refractivity contribution in [1.29, 1.82) is 0 Å². The van der Waals surface area contributed by atoms with Crippen molar-refractivity contribution >= 4 is 15.8 Å². The normalized spacial score (nSPS) is 11.2. The molecular weight excluding hydrogens is 276 g/mol. The van der Waals surface area contributed by atoms with Crippen molar-refractivity contribution in [3.05, 3.63) is 47.7 Å². The quantitative estimate of drug-likeness (QED) is 0.940. The van der Waals surface area contributed by atoms with Crippen LogP contribution in [0.4, 0.5) is 5.82 Å². The lowest BCUT2D eigenvalue weighted by atomic mass is 10.1. The fourth-order valence-corrected chi connectivity index (χ4v) is 3.19. The summed E-state index contributed by atoms with van der Waals surface area (Å²) in [6, 6.07) is 8.34. The van der Waals surface area contributed by atoms with Crippen LogP contribution < -0.4 is 9.46 Å². The first-order valence-corrected chi connectivity index (χ1v) is 7.51. The van der Waals surface area contributed by atoms with E-state index in [-0.39, 0.29) is 10.7 Å². The van der Waals surface area contributed by atoms with Crippen LogP contribution in [0.3, 0.4) is 0 Å². The van der Waals surface area contributed by atoms with Crippen LogP contribution >= 0.6 is 0 Å². The summed E-state index contributed by atoms with van der Waals surface area (Å²) < 4.78 is 32.4. The van der Waals surface area contributed by atoms with E-state index in [0.717, 1.165) is 5.56 Å².